The normalized spacial score (nSPS) is 16.8. The van der Waals surface area contributed by atoms with E-state index in [0.29, 0.717) is 6.54 Å². The predicted molar refractivity (Wildman–Crippen MR) is 119 cm³/mol. The molecular weight excluding hydrogens is 364 g/mol. The molecule has 4 rings (SSSR count). The van der Waals surface area contributed by atoms with Crippen molar-refractivity contribution >= 4 is 28.7 Å². The summed E-state index contributed by atoms with van der Waals surface area (Å²) in [5, 5.41) is 10.2. The first kappa shape index (κ1) is 18.5. The van der Waals surface area contributed by atoms with Crippen molar-refractivity contribution in [3.05, 3.63) is 107 Å². The number of hydrogen-bond acceptors (Lipinski definition) is 3. The number of rotatable bonds is 5. The molecule has 0 spiro atoms. The lowest BCUT2D eigenvalue weighted by atomic mass is 10.1. The van der Waals surface area contributed by atoms with E-state index in [0.717, 1.165) is 28.5 Å². The number of aliphatic imine (C=N–C) groups is 1. The van der Waals surface area contributed by atoms with Gasteiger partial charge in [0.15, 0.2) is 5.17 Å². The Morgan fingerprint density at radius 3 is 2.21 bits per heavy atom. The van der Waals surface area contributed by atoms with E-state index in [1.807, 2.05) is 48.5 Å². The Morgan fingerprint density at radius 2 is 1.54 bits per heavy atom. The van der Waals surface area contributed by atoms with Gasteiger partial charge in [0.05, 0.1) is 19.7 Å². The van der Waals surface area contributed by atoms with E-state index in [9.17, 15) is 5.11 Å². The van der Waals surface area contributed by atoms with E-state index in [4.69, 9.17) is 4.99 Å². The highest BCUT2D eigenvalue weighted by Crippen LogP contribution is 2.35. The fourth-order valence-electron chi connectivity index (χ4n) is 3.08. The monoisotopic (exact) mass is 386 g/mol. The molecule has 0 radical (unpaired) electrons. The lowest BCUT2D eigenvalue weighted by molar-refractivity contribution is 0.282. The molecule has 0 aromatic heterocycles. The fraction of sp³-hybridized carbons (Fsp3) is 0.125. The highest BCUT2D eigenvalue weighted by Gasteiger charge is 2.25. The van der Waals surface area contributed by atoms with Crippen LogP contribution in [0.2, 0.25) is 0 Å². The minimum atomic E-state index is 0.0731. The van der Waals surface area contributed by atoms with Crippen LogP contribution in [0.1, 0.15) is 16.7 Å². The van der Waals surface area contributed by atoms with Crippen LogP contribution in [-0.2, 0) is 13.2 Å². The number of aliphatic hydroxyl groups excluding tert-OH is 1. The number of para-hydroxylation sites is 1. The third-order valence-electron chi connectivity index (χ3n) is 4.56. The van der Waals surface area contributed by atoms with Crippen LogP contribution in [0, 0.1) is 0 Å². The van der Waals surface area contributed by atoms with Crippen molar-refractivity contribution in [3.8, 4) is 0 Å². The molecule has 140 valence electrons. The molecule has 0 bridgehead atoms. The van der Waals surface area contributed by atoms with Gasteiger partial charge < -0.3 is 10.0 Å². The maximum absolute atomic E-state index is 9.22. The van der Waals surface area contributed by atoms with Crippen LogP contribution in [0.4, 0.5) is 5.69 Å². The van der Waals surface area contributed by atoms with Crippen LogP contribution in [0.15, 0.2) is 94.8 Å². The van der Waals surface area contributed by atoms with Crippen molar-refractivity contribution in [2.45, 2.75) is 13.2 Å². The minimum Gasteiger partial charge on any atom is -0.392 e. The second kappa shape index (κ2) is 8.91. The van der Waals surface area contributed by atoms with Crippen molar-refractivity contribution in [2.24, 2.45) is 4.99 Å². The third-order valence-corrected chi connectivity index (χ3v) is 5.61. The largest absolute Gasteiger partial charge is 0.392 e. The van der Waals surface area contributed by atoms with Crippen molar-refractivity contribution < 1.29 is 5.11 Å². The molecule has 1 heterocycles. The zero-order chi connectivity index (χ0) is 19.2. The van der Waals surface area contributed by atoms with Crippen LogP contribution in [0.3, 0.4) is 0 Å². The summed E-state index contributed by atoms with van der Waals surface area (Å²) in [5.74, 6) is 0. The first-order valence-corrected chi connectivity index (χ1v) is 10.1. The topological polar surface area (TPSA) is 35.8 Å². The van der Waals surface area contributed by atoms with Crippen molar-refractivity contribution in [2.75, 3.05) is 11.4 Å². The lowest BCUT2D eigenvalue weighted by Gasteiger charge is -2.17. The van der Waals surface area contributed by atoms with Crippen molar-refractivity contribution in [3.63, 3.8) is 0 Å². The van der Waals surface area contributed by atoms with Crippen LogP contribution in [0.25, 0.3) is 6.08 Å². The summed E-state index contributed by atoms with van der Waals surface area (Å²) in [7, 11) is 0. The molecule has 1 saturated heterocycles. The standard InChI is InChI=1S/C24H22N2OS/c27-18-21-13-11-19(12-14-21)15-23-17-26(22-9-5-2-6-10-22)24(28-23)25-16-20-7-3-1-4-8-20/h1-15,27H,16-18H2/b23-15-,25-24-. The molecule has 28 heavy (non-hydrogen) atoms. The number of anilines is 1. The molecule has 3 aromatic carbocycles. The third kappa shape index (κ3) is 4.53. The summed E-state index contributed by atoms with van der Waals surface area (Å²) in [6.45, 7) is 1.55. The zero-order valence-electron chi connectivity index (χ0n) is 15.5. The molecule has 1 aliphatic heterocycles. The minimum absolute atomic E-state index is 0.0731. The van der Waals surface area contributed by atoms with Crippen molar-refractivity contribution in [1.82, 2.24) is 0 Å². The maximum atomic E-state index is 9.22. The summed E-state index contributed by atoms with van der Waals surface area (Å²) in [6.07, 6.45) is 2.20. The predicted octanol–water partition coefficient (Wildman–Crippen LogP) is 5.33. The smallest absolute Gasteiger partial charge is 0.169 e. The Bertz CT molecular complexity index is 967. The average Bonchev–Trinajstić information content (AvgIpc) is 3.17. The zero-order valence-corrected chi connectivity index (χ0v) is 16.3. The summed E-state index contributed by atoms with van der Waals surface area (Å²) in [5.41, 5.74) is 4.43. The molecule has 0 amide bonds. The van der Waals surface area contributed by atoms with E-state index in [-0.39, 0.29) is 6.61 Å². The molecule has 1 aliphatic rings. The summed E-state index contributed by atoms with van der Waals surface area (Å²) < 4.78 is 0. The van der Waals surface area contributed by atoms with Crippen LogP contribution in [-0.4, -0.2) is 16.8 Å². The van der Waals surface area contributed by atoms with Gasteiger partial charge in [-0.25, -0.2) is 0 Å². The maximum Gasteiger partial charge on any atom is 0.169 e. The summed E-state index contributed by atoms with van der Waals surface area (Å²) >= 11 is 1.73. The van der Waals surface area contributed by atoms with Gasteiger partial charge in [-0.3, -0.25) is 4.99 Å². The molecule has 1 fully saturated rings. The van der Waals surface area contributed by atoms with Gasteiger partial charge in [-0.15, -0.1) is 0 Å². The molecule has 0 unspecified atom stereocenters. The molecule has 0 aliphatic carbocycles. The van der Waals surface area contributed by atoms with E-state index >= 15 is 0 Å². The average molecular weight is 387 g/mol. The number of benzene rings is 3. The van der Waals surface area contributed by atoms with E-state index in [1.54, 1.807) is 11.8 Å². The first-order chi connectivity index (χ1) is 13.8. The van der Waals surface area contributed by atoms with Gasteiger partial charge in [-0.1, -0.05) is 84.6 Å². The lowest BCUT2D eigenvalue weighted by Crippen LogP contribution is -2.23. The number of amidine groups is 1. The quantitative estimate of drug-likeness (QED) is 0.644. The van der Waals surface area contributed by atoms with Gasteiger partial charge in [-0.2, -0.15) is 0 Å². The molecule has 3 aromatic rings. The Morgan fingerprint density at radius 1 is 0.857 bits per heavy atom. The van der Waals surface area contributed by atoms with Gasteiger partial charge in [0, 0.05) is 10.6 Å². The van der Waals surface area contributed by atoms with E-state index < -0.39 is 0 Å². The number of hydrogen-bond donors (Lipinski definition) is 1. The van der Waals surface area contributed by atoms with Crippen molar-refractivity contribution in [1.29, 1.82) is 0 Å². The molecule has 4 heteroatoms. The Labute approximate surface area is 170 Å². The molecule has 0 saturated carbocycles. The van der Waals surface area contributed by atoms with Crippen LogP contribution >= 0.6 is 11.8 Å². The molecular formula is C24H22N2OS. The Hall–Kier alpha value is -2.82. The molecule has 1 N–H and O–H groups in total. The summed E-state index contributed by atoms with van der Waals surface area (Å²) in [6, 6.07) is 28.8. The van der Waals surface area contributed by atoms with Gasteiger partial charge in [-0.05, 0) is 34.9 Å². The van der Waals surface area contributed by atoms with Crippen LogP contribution < -0.4 is 4.90 Å². The number of nitrogens with zero attached hydrogens (tertiary/aromatic N) is 2. The fourth-order valence-corrected chi connectivity index (χ4v) is 4.11. The van der Waals surface area contributed by atoms with Gasteiger partial charge >= 0.3 is 0 Å². The molecule has 3 nitrogen and oxygen atoms in total. The SMILES string of the molecule is OCc1ccc(/C=C2/CN(c3ccccc3)/C(=N/Cc3ccccc3)S2)cc1. The number of aliphatic hydroxyl groups is 1. The van der Waals surface area contributed by atoms with Gasteiger partial charge in [0.1, 0.15) is 0 Å². The second-order valence-corrected chi connectivity index (χ2v) is 7.71. The number of thioether (sulfide) groups is 1. The van der Waals surface area contributed by atoms with Crippen LogP contribution in [0.5, 0.6) is 0 Å². The Kier molecular flexibility index (Phi) is 5.90. The summed E-state index contributed by atoms with van der Waals surface area (Å²) in [4.78, 5) is 8.42. The van der Waals surface area contributed by atoms with E-state index in [1.165, 1.54) is 10.5 Å². The van der Waals surface area contributed by atoms with Gasteiger partial charge in [0.25, 0.3) is 0 Å². The second-order valence-electron chi connectivity index (χ2n) is 6.62. The highest BCUT2D eigenvalue weighted by molar-refractivity contribution is 8.18. The molecule has 0 atom stereocenters. The van der Waals surface area contributed by atoms with Gasteiger partial charge in [0.2, 0.25) is 0 Å². The highest BCUT2D eigenvalue weighted by atomic mass is 32.2. The van der Waals surface area contributed by atoms with E-state index in [2.05, 4.69) is 47.4 Å². The first-order valence-electron chi connectivity index (χ1n) is 9.31. The Balaban J connectivity index is 1.60.